The number of halogens is 1. The molecule has 98 valence electrons. The fraction of sp³-hybridized carbons (Fsp3) is 0.750. The van der Waals surface area contributed by atoms with Gasteiger partial charge >= 0.3 is 0 Å². The van der Waals surface area contributed by atoms with Gasteiger partial charge in [-0.1, -0.05) is 11.6 Å². The first-order valence-corrected chi connectivity index (χ1v) is 6.34. The molecule has 5 heteroatoms. The van der Waals surface area contributed by atoms with Gasteiger partial charge in [-0.2, -0.15) is 5.10 Å². The molecule has 0 aliphatic heterocycles. The third-order valence-corrected chi connectivity index (χ3v) is 3.00. The molecule has 0 saturated heterocycles. The summed E-state index contributed by atoms with van der Waals surface area (Å²) < 4.78 is 7.20. The van der Waals surface area contributed by atoms with E-state index in [4.69, 9.17) is 16.3 Å². The fourth-order valence-electron chi connectivity index (χ4n) is 1.65. The summed E-state index contributed by atoms with van der Waals surface area (Å²) in [5.41, 5.74) is 1.69. The summed E-state index contributed by atoms with van der Waals surface area (Å²) in [5.74, 6) is 0. The number of aromatic nitrogens is 2. The lowest BCUT2D eigenvalue weighted by Gasteiger charge is -2.14. The Labute approximate surface area is 108 Å². The Balaban J connectivity index is 2.67. The van der Waals surface area contributed by atoms with Crippen LogP contribution < -0.4 is 0 Å². The van der Waals surface area contributed by atoms with Gasteiger partial charge in [-0.3, -0.25) is 4.68 Å². The number of aliphatic hydroxyl groups excluding tert-OH is 1. The van der Waals surface area contributed by atoms with Crippen LogP contribution in [0.15, 0.2) is 0 Å². The molecule has 0 spiro atoms. The maximum Gasteiger partial charge on any atom is 0.0848 e. The Hall–Kier alpha value is -0.580. The lowest BCUT2D eigenvalue weighted by atomic mass is 10.2. The molecule has 0 aliphatic rings. The molecule has 0 saturated carbocycles. The van der Waals surface area contributed by atoms with Crippen molar-refractivity contribution >= 4 is 11.6 Å². The first-order chi connectivity index (χ1) is 7.95. The average Bonchev–Trinajstić information content (AvgIpc) is 2.54. The Morgan fingerprint density at radius 3 is 2.65 bits per heavy atom. The molecule has 1 aromatic rings. The monoisotopic (exact) mass is 260 g/mol. The van der Waals surface area contributed by atoms with Crippen molar-refractivity contribution in [2.75, 3.05) is 6.61 Å². The van der Waals surface area contributed by atoms with Crippen molar-refractivity contribution in [3.05, 3.63) is 16.4 Å². The number of aliphatic hydroxyl groups is 1. The maximum atomic E-state index is 9.88. The van der Waals surface area contributed by atoms with E-state index in [-0.39, 0.29) is 6.10 Å². The fourth-order valence-corrected chi connectivity index (χ4v) is 1.86. The van der Waals surface area contributed by atoms with Gasteiger partial charge in [0.05, 0.1) is 35.2 Å². The Kier molecular flexibility index (Phi) is 5.43. The van der Waals surface area contributed by atoms with Crippen LogP contribution in [0.25, 0.3) is 0 Å². The Morgan fingerprint density at radius 2 is 2.12 bits per heavy atom. The quantitative estimate of drug-likeness (QED) is 0.853. The minimum atomic E-state index is -0.545. The van der Waals surface area contributed by atoms with Crippen molar-refractivity contribution in [2.45, 2.75) is 52.9 Å². The molecule has 0 aromatic carbocycles. The average molecular weight is 261 g/mol. The predicted octanol–water partition coefficient (Wildman–Crippen LogP) is 2.19. The first kappa shape index (κ1) is 14.5. The summed E-state index contributed by atoms with van der Waals surface area (Å²) in [6.07, 6.45) is 0.0505. The highest BCUT2D eigenvalue weighted by molar-refractivity contribution is 6.31. The molecule has 0 fully saturated rings. The number of hydrogen-bond acceptors (Lipinski definition) is 3. The molecule has 17 heavy (non-hydrogen) atoms. The summed E-state index contributed by atoms with van der Waals surface area (Å²) in [6.45, 7) is 8.83. The van der Waals surface area contributed by atoms with Crippen LogP contribution in [-0.2, 0) is 17.7 Å². The van der Waals surface area contributed by atoms with E-state index in [2.05, 4.69) is 5.10 Å². The third kappa shape index (κ3) is 3.98. The number of hydrogen-bond donors (Lipinski definition) is 1. The first-order valence-electron chi connectivity index (χ1n) is 5.97. The number of rotatable bonds is 6. The van der Waals surface area contributed by atoms with Crippen LogP contribution in [0.1, 0.15) is 32.2 Å². The minimum absolute atomic E-state index is 0.123. The maximum absolute atomic E-state index is 9.88. The van der Waals surface area contributed by atoms with Crippen molar-refractivity contribution in [3.8, 4) is 0 Å². The number of nitrogens with zero attached hydrogens (tertiary/aromatic N) is 2. The van der Waals surface area contributed by atoms with Crippen LogP contribution in [-0.4, -0.2) is 33.7 Å². The van der Waals surface area contributed by atoms with Crippen molar-refractivity contribution in [1.82, 2.24) is 9.78 Å². The van der Waals surface area contributed by atoms with Crippen LogP contribution >= 0.6 is 11.6 Å². The van der Waals surface area contributed by atoms with Gasteiger partial charge in [0.25, 0.3) is 0 Å². The van der Waals surface area contributed by atoms with E-state index >= 15 is 0 Å². The van der Waals surface area contributed by atoms with E-state index in [1.165, 1.54) is 0 Å². The number of ether oxygens (including phenoxy) is 1. The van der Waals surface area contributed by atoms with Crippen molar-refractivity contribution < 1.29 is 9.84 Å². The van der Waals surface area contributed by atoms with E-state index in [1.807, 2.05) is 32.4 Å². The Bertz CT molecular complexity index is 364. The highest BCUT2D eigenvalue weighted by Gasteiger charge is 2.16. The van der Waals surface area contributed by atoms with Crippen molar-refractivity contribution in [1.29, 1.82) is 0 Å². The van der Waals surface area contributed by atoms with Crippen LogP contribution in [0.2, 0.25) is 5.02 Å². The summed E-state index contributed by atoms with van der Waals surface area (Å²) in [7, 11) is 0. The summed E-state index contributed by atoms with van der Waals surface area (Å²) >= 11 is 6.16. The zero-order valence-electron chi connectivity index (χ0n) is 10.9. The molecule has 4 nitrogen and oxygen atoms in total. The molecule has 1 heterocycles. The molecule has 1 unspecified atom stereocenters. The second-order valence-electron chi connectivity index (χ2n) is 4.40. The van der Waals surface area contributed by atoms with Gasteiger partial charge in [-0.25, -0.2) is 0 Å². The Morgan fingerprint density at radius 1 is 1.47 bits per heavy atom. The smallest absolute Gasteiger partial charge is 0.0848 e. The largest absolute Gasteiger partial charge is 0.390 e. The predicted molar refractivity (Wildman–Crippen MR) is 68.4 cm³/mol. The molecule has 0 aliphatic carbocycles. The standard InChI is InChI=1S/C12H21ClN2O2/c1-5-15-11(12(13)9(4)14-15)6-10(16)7-17-8(2)3/h8,10,16H,5-7H2,1-4H3. The van der Waals surface area contributed by atoms with Gasteiger partial charge < -0.3 is 9.84 Å². The van der Waals surface area contributed by atoms with Gasteiger partial charge in [-0.15, -0.1) is 0 Å². The van der Waals surface area contributed by atoms with E-state index in [0.29, 0.717) is 18.1 Å². The highest BCUT2D eigenvalue weighted by atomic mass is 35.5. The zero-order chi connectivity index (χ0) is 13.0. The molecule has 0 radical (unpaired) electrons. The topological polar surface area (TPSA) is 47.3 Å². The molecule has 1 aromatic heterocycles. The van der Waals surface area contributed by atoms with Gasteiger partial charge in [0.1, 0.15) is 0 Å². The normalized spacial score (nSPS) is 13.4. The van der Waals surface area contributed by atoms with E-state index in [9.17, 15) is 5.11 Å². The summed E-state index contributed by atoms with van der Waals surface area (Å²) in [6, 6.07) is 0. The summed E-state index contributed by atoms with van der Waals surface area (Å²) in [5, 5.41) is 14.8. The SMILES string of the molecule is CCn1nc(C)c(Cl)c1CC(O)COC(C)C. The van der Waals surface area contributed by atoms with Crippen molar-refractivity contribution in [2.24, 2.45) is 0 Å². The minimum Gasteiger partial charge on any atom is -0.390 e. The third-order valence-electron chi connectivity index (χ3n) is 2.50. The second kappa shape index (κ2) is 6.38. The van der Waals surface area contributed by atoms with E-state index in [0.717, 1.165) is 17.9 Å². The van der Waals surface area contributed by atoms with Gasteiger partial charge in [0.15, 0.2) is 0 Å². The second-order valence-corrected chi connectivity index (χ2v) is 4.78. The molecule has 0 amide bonds. The van der Waals surface area contributed by atoms with Gasteiger partial charge in [0, 0.05) is 13.0 Å². The summed E-state index contributed by atoms with van der Waals surface area (Å²) in [4.78, 5) is 0. The van der Waals surface area contributed by atoms with Crippen LogP contribution in [0.3, 0.4) is 0 Å². The molecular weight excluding hydrogens is 240 g/mol. The van der Waals surface area contributed by atoms with Crippen molar-refractivity contribution in [3.63, 3.8) is 0 Å². The van der Waals surface area contributed by atoms with Crippen LogP contribution in [0.5, 0.6) is 0 Å². The molecule has 0 bridgehead atoms. The van der Waals surface area contributed by atoms with Crippen LogP contribution in [0, 0.1) is 6.92 Å². The molecule has 1 rings (SSSR count). The highest BCUT2D eigenvalue weighted by Crippen LogP contribution is 2.21. The van der Waals surface area contributed by atoms with Gasteiger partial charge in [-0.05, 0) is 27.7 Å². The number of aryl methyl sites for hydroxylation is 2. The van der Waals surface area contributed by atoms with E-state index in [1.54, 1.807) is 0 Å². The molecule has 1 N–H and O–H groups in total. The van der Waals surface area contributed by atoms with E-state index < -0.39 is 6.10 Å². The lowest BCUT2D eigenvalue weighted by Crippen LogP contribution is -2.22. The lowest BCUT2D eigenvalue weighted by molar-refractivity contribution is 0.00551. The van der Waals surface area contributed by atoms with Gasteiger partial charge in [0.2, 0.25) is 0 Å². The molecule has 1 atom stereocenters. The zero-order valence-corrected chi connectivity index (χ0v) is 11.7. The van der Waals surface area contributed by atoms with Crippen LogP contribution in [0.4, 0.5) is 0 Å². The molecular formula is C12H21ClN2O2.